The molecule has 0 amide bonds. The quantitative estimate of drug-likeness (QED) is 0.0498. The number of phenolic OH excluding ortho intramolecular Hbond substituents is 7. The fraction of sp³-hybridized carbons (Fsp3) is 0.111. The Balaban J connectivity index is 1.49. The van der Waals surface area contributed by atoms with Crippen LogP contribution in [0.2, 0.25) is 0 Å². The number of rotatable bonds is 12. The Morgan fingerprint density at radius 2 is 1.13 bits per heavy atom. The number of hydrogen-bond donors (Lipinski definition) is 9. The summed E-state index contributed by atoms with van der Waals surface area (Å²) in [7, 11) is 0. The molecule has 1 heterocycles. The van der Waals surface area contributed by atoms with Gasteiger partial charge in [0, 0.05) is 29.9 Å². The van der Waals surface area contributed by atoms with E-state index in [1.165, 1.54) is 24.3 Å². The number of carbonyl (C=O) groups is 4. The molecule has 4 aromatic carbocycles. The van der Waals surface area contributed by atoms with Crippen molar-refractivity contribution in [3.63, 3.8) is 0 Å². The molecule has 0 spiro atoms. The molecular formula is C36H28O16. The Hall–Kier alpha value is -7.36. The molecule has 0 saturated carbocycles. The predicted octanol–water partition coefficient (Wildman–Crippen LogP) is 4.14. The van der Waals surface area contributed by atoms with E-state index in [1.807, 2.05) is 0 Å². The number of phenols is 7. The summed E-state index contributed by atoms with van der Waals surface area (Å²) < 4.78 is 16.2. The summed E-state index contributed by atoms with van der Waals surface area (Å²) >= 11 is 0. The zero-order chi connectivity index (χ0) is 37.9. The van der Waals surface area contributed by atoms with E-state index in [4.69, 9.17) is 13.9 Å². The highest BCUT2D eigenvalue weighted by Gasteiger charge is 2.31. The van der Waals surface area contributed by atoms with Crippen molar-refractivity contribution in [2.45, 2.75) is 25.0 Å². The molecule has 0 unspecified atom stereocenters. The molecule has 0 bridgehead atoms. The lowest BCUT2D eigenvalue weighted by Crippen LogP contribution is -2.29. The molecule has 1 aromatic heterocycles. The smallest absolute Gasteiger partial charge is 0.345 e. The Morgan fingerprint density at radius 1 is 0.615 bits per heavy atom. The molecule has 9 N–H and O–H groups in total. The van der Waals surface area contributed by atoms with Crippen LogP contribution >= 0.6 is 0 Å². The molecule has 0 aliphatic rings. The lowest BCUT2D eigenvalue weighted by molar-refractivity contribution is -0.160. The van der Waals surface area contributed by atoms with Crippen LogP contribution in [0.25, 0.3) is 28.4 Å². The van der Waals surface area contributed by atoms with Gasteiger partial charge in [0.25, 0.3) is 0 Å². The third-order valence-electron chi connectivity index (χ3n) is 7.63. The summed E-state index contributed by atoms with van der Waals surface area (Å²) in [6.07, 6.45) is -2.43. The van der Waals surface area contributed by atoms with Crippen molar-refractivity contribution in [1.82, 2.24) is 0 Å². The van der Waals surface area contributed by atoms with Crippen LogP contribution in [-0.2, 0) is 36.7 Å². The third kappa shape index (κ3) is 7.92. The Morgan fingerprint density at radius 3 is 1.65 bits per heavy atom. The van der Waals surface area contributed by atoms with E-state index in [-0.39, 0.29) is 45.4 Å². The molecule has 5 rings (SSSR count). The first-order valence-corrected chi connectivity index (χ1v) is 15.0. The van der Waals surface area contributed by atoms with Gasteiger partial charge in [0.15, 0.2) is 45.8 Å². The van der Waals surface area contributed by atoms with Crippen LogP contribution in [0.5, 0.6) is 40.2 Å². The number of carboxylic acids is 2. The van der Waals surface area contributed by atoms with E-state index < -0.39 is 88.3 Å². The number of benzene rings is 4. The van der Waals surface area contributed by atoms with Crippen molar-refractivity contribution >= 4 is 40.9 Å². The van der Waals surface area contributed by atoms with Crippen molar-refractivity contribution in [3.05, 3.63) is 95.1 Å². The average molecular weight is 717 g/mol. The first-order valence-electron chi connectivity index (χ1n) is 15.0. The highest BCUT2D eigenvalue weighted by Crippen LogP contribution is 2.41. The van der Waals surface area contributed by atoms with Gasteiger partial charge in [0.05, 0.1) is 0 Å². The monoisotopic (exact) mass is 716 g/mol. The second kappa shape index (κ2) is 14.6. The number of ether oxygens (including phenoxy) is 2. The second-order valence-electron chi connectivity index (χ2n) is 11.3. The topological polar surface area (TPSA) is 282 Å². The second-order valence-corrected chi connectivity index (χ2v) is 11.3. The lowest BCUT2D eigenvalue weighted by Gasteiger charge is -2.15. The summed E-state index contributed by atoms with van der Waals surface area (Å²) in [5.74, 6) is -9.46. The van der Waals surface area contributed by atoms with Gasteiger partial charge in [-0.15, -0.1) is 0 Å². The highest BCUT2D eigenvalue weighted by molar-refractivity contribution is 6.11. The normalized spacial score (nSPS) is 12.4. The largest absolute Gasteiger partial charge is 0.504 e. The number of esters is 2. The van der Waals surface area contributed by atoms with Crippen LogP contribution in [0.3, 0.4) is 0 Å². The molecule has 52 heavy (non-hydrogen) atoms. The average Bonchev–Trinajstić information content (AvgIpc) is 3.48. The van der Waals surface area contributed by atoms with Gasteiger partial charge >= 0.3 is 23.9 Å². The summed E-state index contributed by atoms with van der Waals surface area (Å²) in [5, 5.41) is 88.7. The van der Waals surface area contributed by atoms with Crippen LogP contribution in [-0.4, -0.2) is 82.0 Å². The van der Waals surface area contributed by atoms with Crippen LogP contribution in [0.4, 0.5) is 0 Å². The molecule has 0 radical (unpaired) electrons. The molecule has 2 atom stereocenters. The van der Waals surface area contributed by atoms with Crippen LogP contribution < -0.4 is 0 Å². The maximum atomic E-state index is 13.7. The van der Waals surface area contributed by atoms with Gasteiger partial charge in [-0.25, -0.2) is 19.2 Å². The summed E-state index contributed by atoms with van der Waals surface area (Å²) in [6.45, 7) is 0. The zero-order valence-electron chi connectivity index (χ0n) is 26.5. The minimum Gasteiger partial charge on any atom is -0.504 e. The van der Waals surface area contributed by atoms with Gasteiger partial charge in [-0.05, 0) is 77.4 Å². The molecule has 5 aromatic rings. The van der Waals surface area contributed by atoms with Gasteiger partial charge in [-0.1, -0.05) is 12.1 Å². The Labute approximate surface area is 291 Å². The van der Waals surface area contributed by atoms with E-state index in [9.17, 15) is 65.1 Å². The predicted molar refractivity (Wildman–Crippen MR) is 177 cm³/mol. The van der Waals surface area contributed by atoms with Crippen molar-refractivity contribution in [1.29, 1.82) is 0 Å². The number of furan rings is 1. The number of aliphatic carboxylic acids is 2. The summed E-state index contributed by atoms with van der Waals surface area (Å²) in [6, 6.07) is 12.8. The van der Waals surface area contributed by atoms with Crippen molar-refractivity contribution in [2.75, 3.05) is 0 Å². The van der Waals surface area contributed by atoms with Crippen molar-refractivity contribution in [3.8, 4) is 51.6 Å². The Kier molecular flexibility index (Phi) is 10.1. The standard InChI is InChI=1S/C36H28O16/c37-21-5-1-17(10-24(21)40)13-28(34(45)46)50-30(44)8-3-16-9-20-31(32(52-33(20)27(43)12-16)19-4-7-23(39)26(42)15-19)36(49)51-29(35(47)48)14-18-2-6-22(38)25(41)11-18/h1-12,15,28-29,37-43H,13-14H2,(H,45,46)(H,47,48)/t28-,29-/m0/s1. The van der Waals surface area contributed by atoms with Crippen molar-refractivity contribution < 1.29 is 79.0 Å². The fourth-order valence-electron chi connectivity index (χ4n) is 5.08. The number of aromatic hydroxyl groups is 7. The fourth-order valence-corrected chi connectivity index (χ4v) is 5.08. The zero-order valence-corrected chi connectivity index (χ0v) is 26.5. The number of carbonyl (C=O) groups excluding carboxylic acids is 2. The molecule has 0 aliphatic carbocycles. The molecule has 16 heteroatoms. The first kappa shape index (κ1) is 35.9. The van der Waals surface area contributed by atoms with E-state index in [1.54, 1.807) is 0 Å². The summed E-state index contributed by atoms with van der Waals surface area (Å²) in [4.78, 5) is 50.3. The third-order valence-corrected chi connectivity index (χ3v) is 7.63. The first-order chi connectivity index (χ1) is 24.6. The van der Waals surface area contributed by atoms with Gasteiger partial charge in [-0.2, -0.15) is 0 Å². The summed E-state index contributed by atoms with van der Waals surface area (Å²) in [5.41, 5.74) is -0.279. The minimum absolute atomic E-state index is 0.00416. The van der Waals surface area contributed by atoms with E-state index >= 15 is 0 Å². The van der Waals surface area contributed by atoms with E-state index in [0.717, 1.165) is 54.6 Å². The van der Waals surface area contributed by atoms with E-state index in [2.05, 4.69) is 0 Å². The van der Waals surface area contributed by atoms with Gasteiger partial charge < -0.3 is 59.8 Å². The maximum Gasteiger partial charge on any atom is 0.345 e. The number of hydrogen-bond acceptors (Lipinski definition) is 14. The molecule has 0 aliphatic heterocycles. The van der Waals surface area contributed by atoms with E-state index in [0.29, 0.717) is 0 Å². The van der Waals surface area contributed by atoms with Crippen LogP contribution in [0.1, 0.15) is 27.0 Å². The van der Waals surface area contributed by atoms with Crippen LogP contribution in [0, 0.1) is 0 Å². The van der Waals surface area contributed by atoms with Gasteiger partial charge in [0.2, 0.25) is 12.2 Å². The highest BCUT2D eigenvalue weighted by atomic mass is 16.6. The number of carboxylic acid groups (broad SMARTS) is 2. The molecule has 0 fully saturated rings. The van der Waals surface area contributed by atoms with Gasteiger partial charge in [0.1, 0.15) is 11.3 Å². The number of fused-ring (bicyclic) bond motifs is 1. The van der Waals surface area contributed by atoms with Crippen LogP contribution in [0.15, 0.2) is 77.2 Å². The SMILES string of the molecule is O=C(C=Cc1cc(O)c2oc(-c3ccc(O)c(O)c3)c(C(=O)O[C@@H](Cc3ccc(O)c(O)c3)C(=O)O)c2c1)O[C@@H](Cc1ccc(O)c(O)c1)C(=O)O. The minimum atomic E-state index is -1.85. The molecule has 268 valence electrons. The molecule has 0 saturated heterocycles. The molecule has 16 nitrogen and oxygen atoms in total. The van der Waals surface area contributed by atoms with Gasteiger partial charge in [-0.3, -0.25) is 0 Å². The lowest BCUT2D eigenvalue weighted by atomic mass is 10.0. The van der Waals surface area contributed by atoms with Crippen molar-refractivity contribution in [2.24, 2.45) is 0 Å². The molecular weight excluding hydrogens is 688 g/mol. The Bertz CT molecular complexity index is 2250. The maximum absolute atomic E-state index is 13.7.